The van der Waals surface area contributed by atoms with Crippen LogP contribution in [0.25, 0.3) is 0 Å². The second-order valence-electron chi connectivity index (χ2n) is 10.8. The van der Waals surface area contributed by atoms with Crippen LogP contribution in [0.1, 0.15) is 65.2 Å². The van der Waals surface area contributed by atoms with Gasteiger partial charge in [-0.15, -0.1) is 0 Å². The topological polar surface area (TPSA) is 105 Å². The first-order valence-electron chi connectivity index (χ1n) is 13.5. The molecule has 3 heterocycles. The van der Waals surface area contributed by atoms with Crippen molar-refractivity contribution in [1.82, 2.24) is 0 Å². The molecule has 0 amide bonds. The molecule has 0 fully saturated rings. The number of hydrogen-bond acceptors (Lipinski definition) is 7. The average molecular weight is 517 g/mol. The molecule has 2 bridgehead atoms. The predicted molar refractivity (Wildman–Crippen MR) is 143 cm³/mol. The summed E-state index contributed by atoms with van der Waals surface area (Å²) in [7, 11) is 0. The van der Waals surface area contributed by atoms with Crippen LogP contribution in [0, 0.1) is 5.92 Å². The zero-order chi connectivity index (χ0) is 26.8. The van der Waals surface area contributed by atoms with Crippen molar-refractivity contribution in [2.75, 3.05) is 6.61 Å². The molecule has 0 saturated carbocycles. The summed E-state index contributed by atoms with van der Waals surface area (Å²) in [5.41, 5.74) is 2.10. The number of carbonyl (C=O) groups excluding carboxylic acids is 1. The molecule has 0 radical (unpaired) electrons. The SMILES string of the molecule is C=C1C[C@H](C)C[C@@H]2CC=C[C@@H](C/C=C\C(=O)O[C@@H](/C=C/[C@@H]3CC(C)=CCO3)[C@@H](O)CC[C@@H](O)[C@@H](O)C1)O2. The molecule has 0 spiro atoms. The van der Waals surface area contributed by atoms with Gasteiger partial charge in [-0.05, 0) is 70.3 Å². The van der Waals surface area contributed by atoms with Crippen LogP contribution in [0.4, 0.5) is 0 Å². The van der Waals surface area contributed by atoms with Gasteiger partial charge in [-0.1, -0.05) is 55.0 Å². The Bertz CT molecular complexity index is 873. The molecule has 3 aliphatic rings. The van der Waals surface area contributed by atoms with E-state index in [2.05, 4.69) is 19.6 Å². The van der Waals surface area contributed by atoms with Crippen molar-refractivity contribution in [2.24, 2.45) is 5.92 Å². The van der Waals surface area contributed by atoms with Gasteiger partial charge in [0.2, 0.25) is 0 Å². The molecule has 3 rings (SSSR count). The lowest BCUT2D eigenvalue weighted by atomic mass is 9.90. The van der Waals surface area contributed by atoms with E-state index >= 15 is 0 Å². The van der Waals surface area contributed by atoms with Crippen LogP contribution >= 0.6 is 0 Å². The number of carbonyl (C=O) groups is 1. The molecule has 0 aliphatic carbocycles. The molecule has 7 nitrogen and oxygen atoms in total. The van der Waals surface area contributed by atoms with Crippen LogP contribution in [0.2, 0.25) is 0 Å². The van der Waals surface area contributed by atoms with E-state index in [0.717, 1.165) is 31.3 Å². The van der Waals surface area contributed by atoms with Gasteiger partial charge in [-0.25, -0.2) is 4.79 Å². The van der Waals surface area contributed by atoms with Gasteiger partial charge in [-0.3, -0.25) is 0 Å². The van der Waals surface area contributed by atoms with Gasteiger partial charge in [0.1, 0.15) is 6.10 Å². The second kappa shape index (κ2) is 14.8. The summed E-state index contributed by atoms with van der Waals surface area (Å²) in [5.74, 6) is -0.238. The Balaban J connectivity index is 1.72. The number of cyclic esters (lactones) is 1. The molecular formula is C30H44O7. The maximum Gasteiger partial charge on any atom is 0.331 e. The van der Waals surface area contributed by atoms with Gasteiger partial charge >= 0.3 is 5.97 Å². The highest BCUT2D eigenvalue weighted by Crippen LogP contribution is 2.26. The summed E-state index contributed by atoms with van der Waals surface area (Å²) >= 11 is 0. The Labute approximate surface area is 221 Å². The first kappa shape index (κ1) is 29.5. The molecule has 8 atom stereocenters. The van der Waals surface area contributed by atoms with Crippen LogP contribution in [-0.2, 0) is 19.0 Å². The fourth-order valence-electron chi connectivity index (χ4n) is 5.10. The Morgan fingerprint density at radius 2 is 1.78 bits per heavy atom. The molecule has 0 aromatic carbocycles. The maximum absolute atomic E-state index is 12.6. The maximum atomic E-state index is 12.6. The van der Waals surface area contributed by atoms with Crippen LogP contribution in [-0.4, -0.2) is 70.6 Å². The third-order valence-corrected chi connectivity index (χ3v) is 7.15. The zero-order valence-electron chi connectivity index (χ0n) is 22.2. The van der Waals surface area contributed by atoms with Crippen molar-refractivity contribution in [3.05, 3.63) is 60.3 Å². The van der Waals surface area contributed by atoms with E-state index in [1.807, 2.05) is 25.2 Å². The second-order valence-corrected chi connectivity index (χ2v) is 10.8. The molecule has 3 N–H and O–H groups in total. The van der Waals surface area contributed by atoms with Gasteiger partial charge in [0.05, 0.1) is 43.2 Å². The van der Waals surface area contributed by atoms with E-state index < -0.39 is 30.4 Å². The molecular weight excluding hydrogens is 472 g/mol. The van der Waals surface area contributed by atoms with E-state index in [1.54, 1.807) is 12.2 Å². The van der Waals surface area contributed by atoms with Gasteiger partial charge in [0.15, 0.2) is 0 Å². The highest BCUT2D eigenvalue weighted by molar-refractivity contribution is 5.82. The monoisotopic (exact) mass is 516 g/mol. The average Bonchev–Trinajstić information content (AvgIpc) is 2.84. The highest BCUT2D eigenvalue weighted by Gasteiger charge is 2.26. The lowest BCUT2D eigenvalue weighted by molar-refractivity contribution is -0.146. The van der Waals surface area contributed by atoms with E-state index in [0.29, 0.717) is 25.4 Å². The van der Waals surface area contributed by atoms with Gasteiger partial charge in [0.25, 0.3) is 0 Å². The Kier molecular flexibility index (Phi) is 11.8. The first-order chi connectivity index (χ1) is 17.7. The van der Waals surface area contributed by atoms with E-state index in [4.69, 9.17) is 14.2 Å². The van der Waals surface area contributed by atoms with Crippen molar-refractivity contribution in [3.63, 3.8) is 0 Å². The van der Waals surface area contributed by atoms with Crippen LogP contribution in [0.15, 0.2) is 60.3 Å². The number of aliphatic hydroxyl groups excluding tert-OH is 3. The fraction of sp³-hybridized carbons (Fsp3) is 0.633. The molecule has 0 aromatic heterocycles. The Morgan fingerprint density at radius 3 is 2.57 bits per heavy atom. The molecule has 0 aromatic rings. The van der Waals surface area contributed by atoms with Crippen molar-refractivity contribution in [3.8, 4) is 0 Å². The summed E-state index contributed by atoms with van der Waals surface area (Å²) < 4.78 is 17.5. The molecule has 3 aliphatic heterocycles. The number of rotatable bonds is 2. The van der Waals surface area contributed by atoms with Crippen LogP contribution in [0.3, 0.4) is 0 Å². The van der Waals surface area contributed by atoms with E-state index in [9.17, 15) is 20.1 Å². The summed E-state index contributed by atoms with van der Waals surface area (Å²) in [6.45, 7) is 8.81. The van der Waals surface area contributed by atoms with Crippen molar-refractivity contribution >= 4 is 5.97 Å². The summed E-state index contributed by atoms with van der Waals surface area (Å²) in [4.78, 5) is 12.6. The predicted octanol–water partition coefficient (Wildman–Crippen LogP) is 4.09. The van der Waals surface area contributed by atoms with E-state index in [1.165, 1.54) is 11.6 Å². The first-order valence-corrected chi connectivity index (χ1v) is 13.5. The third-order valence-electron chi connectivity index (χ3n) is 7.15. The number of esters is 1. The van der Waals surface area contributed by atoms with Crippen LogP contribution < -0.4 is 0 Å². The summed E-state index contributed by atoms with van der Waals surface area (Å²) in [6.07, 6.45) is 12.9. The summed E-state index contributed by atoms with van der Waals surface area (Å²) in [6, 6.07) is 0. The molecule has 206 valence electrons. The quantitative estimate of drug-likeness (QED) is 0.375. The van der Waals surface area contributed by atoms with Crippen molar-refractivity contribution < 1.29 is 34.3 Å². The van der Waals surface area contributed by atoms with Gasteiger partial charge < -0.3 is 29.5 Å². The minimum Gasteiger partial charge on any atom is -0.452 e. The van der Waals surface area contributed by atoms with Crippen molar-refractivity contribution in [2.45, 2.75) is 108 Å². The minimum absolute atomic E-state index is 0.0842. The molecule has 37 heavy (non-hydrogen) atoms. The largest absolute Gasteiger partial charge is 0.452 e. The highest BCUT2D eigenvalue weighted by atomic mass is 16.6. The zero-order valence-corrected chi connectivity index (χ0v) is 22.2. The normalized spacial score (nSPS) is 38.2. The Morgan fingerprint density at radius 1 is 1.00 bits per heavy atom. The van der Waals surface area contributed by atoms with Gasteiger partial charge in [0, 0.05) is 6.08 Å². The van der Waals surface area contributed by atoms with Crippen molar-refractivity contribution in [1.29, 1.82) is 0 Å². The van der Waals surface area contributed by atoms with E-state index in [-0.39, 0.29) is 31.2 Å². The minimum atomic E-state index is -1.05. The van der Waals surface area contributed by atoms with Crippen LogP contribution in [0.5, 0.6) is 0 Å². The van der Waals surface area contributed by atoms with Gasteiger partial charge in [-0.2, -0.15) is 0 Å². The lowest BCUT2D eigenvalue weighted by Gasteiger charge is -2.28. The standard InChI is InChI=1S/C30H44O7/c1-20-14-15-35-24(17-20)10-13-29-27(32)12-11-26(31)28(33)19-22(3)16-21(2)18-25-8-4-6-23(36-25)7-5-9-30(34)37-29/h4-6,9-10,13-14,21,23-29,31-33H,3,7-8,11-12,15-19H2,1-2H3/b9-5-,13-10+/t21-,23-,24+,25-,26+,27-,28-,29-/m0/s1. The molecule has 0 unspecified atom stereocenters. The number of hydrogen-bond donors (Lipinski definition) is 3. The Hall–Kier alpha value is -2.03. The third kappa shape index (κ3) is 10.3. The number of aliphatic hydroxyl groups is 3. The fourth-order valence-corrected chi connectivity index (χ4v) is 5.10. The summed E-state index contributed by atoms with van der Waals surface area (Å²) in [5, 5.41) is 31.9. The lowest BCUT2D eigenvalue weighted by Crippen LogP contribution is -2.33. The molecule has 7 heteroatoms. The number of fused-ring (bicyclic) bond motifs is 2. The molecule has 0 saturated heterocycles. The smallest absolute Gasteiger partial charge is 0.331 e. The number of ether oxygens (including phenoxy) is 3.